The number of aldehydes is 1. The van der Waals surface area contributed by atoms with E-state index in [1.54, 1.807) is 0 Å². The predicted octanol–water partition coefficient (Wildman–Crippen LogP) is 6.41. The third-order valence-corrected chi connectivity index (χ3v) is 3.77. The third-order valence-electron chi connectivity index (χ3n) is 3.77. The van der Waals surface area contributed by atoms with E-state index in [-0.39, 0.29) is 0 Å². The third kappa shape index (κ3) is 13.6. The number of hydrogen-bond acceptors (Lipinski definition) is 1. The van der Waals surface area contributed by atoms with Gasteiger partial charge < -0.3 is 4.79 Å². The molecule has 0 aromatic carbocycles. The molecule has 1 unspecified atom stereocenters. The van der Waals surface area contributed by atoms with Gasteiger partial charge in [0.2, 0.25) is 0 Å². The van der Waals surface area contributed by atoms with Crippen molar-refractivity contribution in [1.29, 1.82) is 0 Å². The van der Waals surface area contributed by atoms with E-state index < -0.39 is 0 Å². The van der Waals surface area contributed by atoms with Crippen LogP contribution >= 0.6 is 0 Å². The van der Waals surface area contributed by atoms with Crippen LogP contribution in [0.25, 0.3) is 0 Å². The van der Waals surface area contributed by atoms with E-state index >= 15 is 0 Å². The Bertz CT molecular complexity index is 367. The Balaban J connectivity index is 3.88. The van der Waals surface area contributed by atoms with Gasteiger partial charge in [0.05, 0.1) is 0 Å². The molecule has 0 rings (SSSR count). The largest absolute Gasteiger partial charge is 0.303 e. The molecule has 1 atom stereocenters. The predicted molar refractivity (Wildman–Crippen MR) is 94.5 cm³/mol. The first-order valence-corrected chi connectivity index (χ1v) is 8.34. The molecule has 0 saturated heterocycles. The minimum atomic E-state index is 0.517. The van der Waals surface area contributed by atoms with Gasteiger partial charge >= 0.3 is 0 Å². The van der Waals surface area contributed by atoms with Crippen LogP contribution in [0.4, 0.5) is 0 Å². The Morgan fingerprint density at radius 2 is 1.38 bits per heavy atom. The summed E-state index contributed by atoms with van der Waals surface area (Å²) >= 11 is 0. The molecule has 0 spiro atoms. The molecule has 0 aliphatic rings. The summed E-state index contributed by atoms with van der Waals surface area (Å²) < 4.78 is 0. The van der Waals surface area contributed by atoms with Crippen molar-refractivity contribution < 1.29 is 4.79 Å². The van der Waals surface area contributed by atoms with Gasteiger partial charge in [-0.1, -0.05) is 41.9 Å². The fourth-order valence-corrected chi connectivity index (χ4v) is 2.24. The van der Waals surface area contributed by atoms with E-state index in [1.165, 1.54) is 23.1 Å². The number of rotatable bonds is 11. The van der Waals surface area contributed by atoms with Crippen LogP contribution in [0.1, 0.15) is 79.6 Å². The molecule has 1 heteroatoms. The molecule has 0 bridgehead atoms. The highest BCUT2D eigenvalue weighted by Gasteiger charge is 1.99. The van der Waals surface area contributed by atoms with Crippen LogP contribution < -0.4 is 0 Å². The van der Waals surface area contributed by atoms with Gasteiger partial charge in [-0.25, -0.2) is 0 Å². The van der Waals surface area contributed by atoms with Crippen molar-refractivity contribution in [2.24, 2.45) is 5.92 Å². The molecule has 0 radical (unpaired) electrons. The zero-order chi connectivity index (χ0) is 16.1. The zero-order valence-corrected chi connectivity index (χ0v) is 14.7. The number of allylic oxidation sites excluding steroid dienone is 6. The average Bonchev–Trinajstić information content (AvgIpc) is 2.38. The first-order chi connectivity index (χ1) is 9.95. The molecule has 0 N–H and O–H groups in total. The molecular formula is C20H34O. The van der Waals surface area contributed by atoms with Crippen LogP contribution in [0.3, 0.4) is 0 Å². The molecule has 0 heterocycles. The highest BCUT2D eigenvalue weighted by atomic mass is 16.1. The maximum atomic E-state index is 10.4. The number of carbonyl (C=O) groups is 1. The lowest BCUT2D eigenvalue weighted by atomic mass is 10.0. The summed E-state index contributed by atoms with van der Waals surface area (Å²) in [6.07, 6.45) is 15.6. The molecule has 1 nitrogen and oxygen atoms in total. The molecule has 0 aromatic rings. The Morgan fingerprint density at radius 1 is 0.857 bits per heavy atom. The maximum absolute atomic E-state index is 10.4. The van der Waals surface area contributed by atoms with Gasteiger partial charge in [-0.3, -0.25) is 0 Å². The second-order valence-electron chi connectivity index (χ2n) is 6.54. The lowest BCUT2D eigenvalue weighted by molar-refractivity contribution is -0.108. The summed E-state index contributed by atoms with van der Waals surface area (Å²) in [5.74, 6) is 0.517. The first kappa shape index (κ1) is 19.9. The molecule has 120 valence electrons. The van der Waals surface area contributed by atoms with Crippen molar-refractivity contribution in [3.8, 4) is 0 Å². The zero-order valence-electron chi connectivity index (χ0n) is 14.7. The Morgan fingerprint density at radius 3 is 1.90 bits per heavy atom. The smallest absolute Gasteiger partial charge is 0.120 e. The first-order valence-electron chi connectivity index (χ1n) is 8.34. The normalized spacial score (nSPS) is 14.0. The Hall–Kier alpha value is -1.11. The summed E-state index contributed by atoms with van der Waals surface area (Å²) in [4.78, 5) is 10.4. The summed E-state index contributed by atoms with van der Waals surface area (Å²) in [5, 5.41) is 0. The van der Waals surface area contributed by atoms with E-state index in [4.69, 9.17) is 0 Å². The second kappa shape index (κ2) is 12.6. The minimum absolute atomic E-state index is 0.517. The Labute approximate surface area is 132 Å². The average molecular weight is 290 g/mol. The van der Waals surface area contributed by atoms with E-state index in [0.717, 1.165) is 38.4 Å². The molecule has 0 aromatic heterocycles. The lowest BCUT2D eigenvalue weighted by Crippen LogP contribution is -1.94. The van der Waals surface area contributed by atoms with Crippen LogP contribution in [-0.2, 0) is 4.79 Å². The van der Waals surface area contributed by atoms with Gasteiger partial charge in [0, 0.05) is 6.42 Å². The van der Waals surface area contributed by atoms with Gasteiger partial charge in [-0.05, 0) is 72.1 Å². The fourth-order valence-electron chi connectivity index (χ4n) is 2.24. The summed E-state index contributed by atoms with van der Waals surface area (Å²) in [6, 6.07) is 0. The van der Waals surface area contributed by atoms with Crippen molar-refractivity contribution >= 4 is 6.29 Å². The van der Waals surface area contributed by atoms with Crippen LogP contribution in [0.15, 0.2) is 34.9 Å². The standard InChI is InChI=1S/C20H34O/c1-17(2)9-6-10-18(3)11-7-12-19(4)13-8-14-20(5)15-16-21/h9,11,13,16,20H,6-8,10,12,14-15H2,1-5H3/b18-11+,19-13-. The molecule has 21 heavy (non-hydrogen) atoms. The van der Waals surface area contributed by atoms with Gasteiger partial charge in [0.25, 0.3) is 0 Å². The molecule has 0 aliphatic carbocycles. The molecule has 0 fully saturated rings. The minimum Gasteiger partial charge on any atom is -0.303 e. The topological polar surface area (TPSA) is 17.1 Å². The highest BCUT2D eigenvalue weighted by molar-refractivity contribution is 5.49. The van der Waals surface area contributed by atoms with Gasteiger partial charge in [0.15, 0.2) is 0 Å². The SMILES string of the molecule is CC(C)=CCC/C(C)=C/CC/C(C)=C\CCC(C)CC=O. The monoisotopic (exact) mass is 290 g/mol. The van der Waals surface area contributed by atoms with Gasteiger partial charge in [-0.2, -0.15) is 0 Å². The van der Waals surface area contributed by atoms with Crippen LogP contribution in [0.5, 0.6) is 0 Å². The van der Waals surface area contributed by atoms with Gasteiger partial charge in [0.1, 0.15) is 6.29 Å². The van der Waals surface area contributed by atoms with Gasteiger partial charge in [-0.15, -0.1) is 0 Å². The van der Waals surface area contributed by atoms with Crippen LogP contribution in [0.2, 0.25) is 0 Å². The maximum Gasteiger partial charge on any atom is 0.120 e. The quantitative estimate of drug-likeness (QED) is 0.317. The summed E-state index contributed by atoms with van der Waals surface area (Å²) in [7, 11) is 0. The molecular weight excluding hydrogens is 256 g/mol. The number of hydrogen-bond donors (Lipinski definition) is 0. The summed E-state index contributed by atoms with van der Waals surface area (Å²) in [6.45, 7) is 10.9. The van der Waals surface area contributed by atoms with Crippen LogP contribution in [0, 0.1) is 5.92 Å². The summed E-state index contributed by atoms with van der Waals surface area (Å²) in [5.41, 5.74) is 4.38. The number of carbonyl (C=O) groups excluding carboxylic acids is 1. The van der Waals surface area contributed by atoms with E-state index in [2.05, 4.69) is 52.8 Å². The van der Waals surface area contributed by atoms with E-state index in [0.29, 0.717) is 12.3 Å². The van der Waals surface area contributed by atoms with E-state index in [1.807, 2.05) is 0 Å². The van der Waals surface area contributed by atoms with Crippen molar-refractivity contribution in [2.75, 3.05) is 0 Å². The molecule has 0 aliphatic heterocycles. The van der Waals surface area contributed by atoms with E-state index in [9.17, 15) is 4.79 Å². The van der Waals surface area contributed by atoms with Crippen molar-refractivity contribution in [3.05, 3.63) is 34.9 Å². The molecule has 0 saturated carbocycles. The van der Waals surface area contributed by atoms with Crippen LogP contribution in [-0.4, -0.2) is 6.29 Å². The lowest BCUT2D eigenvalue weighted by Gasteiger charge is -2.05. The Kier molecular flexibility index (Phi) is 12.0. The van der Waals surface area contributed by atoms with Crippen molar-refractivity contribution in [3.63, 3.8) is 0 Å². The van der Waals surface area contributed by atoms with Crippen molar-refractivity contribution in [1.82, 2.24) is 0 Å². The second-order valence-corrected chi connectivity index (χ2v) is 6.54. The highest BCUT2D eigenvalue weighted by Crippen LogP contribution is 2.14. The fraction of sp³-hybridized carbons (Fsp3) is 0.650. The van der Waals surface area contributed by atoms with Crippen molar-refractivity contribution in [2.45, 2.75) is 79.6 Å². The molecule has 0 amide bonds.